The van der Waals surface area contributed by atoms with Crippen molar-refractivity contribution in [2.75, 3.05) is 25.5 Å². The largest absolute Gasteiger partial charge is 0.468 e. The molecule has 0 spiro atoms. The topological polar surface area (TPSA) is 84.7 Å². The van der Waals surface area contributed by atoms with Crippen molar-refractivity contribution in [3.05, 3.63) is 29.8 Å². The SMILES string of the molecule is CCC.CCN(CC)C(=S)SCc1ccc(NC(=O)CC[C@H](N)C(=O)OC)cc1. The standard InChI is InChI=1S/C18H27N3O3S2.C3H8/c1-4-21(5-2)18(25)26-12-13-6-8-14(9-7-13)20-16(22)11-10-15(19)17(23)24-3;1-3-2/h6-9,15H,4-5,10-12,19H2,1-3H3,(H,20,22);3H2,1-2H3/t15-;/m0./s1. The molecule has 1 amide bonds. The summed E-state index contributed by atoms with van der Waals surface area (Å²) in [6, 6.07) is 6.87. The van der Waals surface area contributed by atoms with Crippen LogP contribution in [0.25, 0.3) is 0 Å². The van der Waals surface area contributed by atoms with E-state index in [0.717, 1.165) is 28.7 Å². The van der Waals surface area contributed by atoms with E-state index in [9.17, 15) is 9.59 Å². The first kappa shape index (κ1) is 27.4. The summed E-state index contributed by atoms with van der Waals surface area (Å²) in [7, 11) is 1.27. The highest BCUT2D eigenvalue weighted by Gasteiger charge is 2.15. The second-order valence-electron chi connectivity index (χ2n) is 6.35. The van der Waals surface area contributed by atoms with Crippen molar-refractivity contribution in [3.8, 4) is 0 Å². The maximum absolute atomic E-state index is 11.9. The zero-order valence-electron chi connectivity index (χ0n) is 18.2. The maximum Gasteiger partial charge on any atom is 0.322 e. The van der Waals surface area contributed by atoms with E-state index in [-0.39, 0.29) is 18.7 Å². The molecule has 0 radical (unpaired) electrons. The number of thioether (sulfide) groups is 1. The number of anilines is 1. The normalized spacial score (nSPS) is 11.0. The van der Waals surface area contributed by atoms with Crippen molar-refractivity contribution in [1.82, 2.24) is 4.90 Å². The summed E-state index contributed by atoms with van der Waals surface area (Å²) in [5.41, 5.74) is 7.46. The van der Waals surface area contributed by atoms with Gasteiger partial charge in [-0.3, -0.25) is 9.59 Å². The number of nitrogens with zero attached hydrogens (tertiary/aromatic N) is 1. The van der Waals surface area contributed by atoms with Crippen LogP contribution in [0, 0.1) is 0 Å². The number of benzene rings is 1. The minimum Gasteiger partial charge on any atom is -0.468 e. The van der Waals surface area contributed by atoms with E-state index in [4.69, 9.17) is 18.0 Å². The van der Waals surface area contributed by atoms with Crippen LogP contribution in [0.5, 0.6) is 0 Å². The first-order valence-corrected chi connectivity index (χ1v) is 11.4. The van der Waals surface area contributed by atoms with Crippen LogP contribution in [0.4, 0.5) is 5.69 Å². The predicted octanol–water partition coefficient (Wildman–Crippen LogP) is 4.18. The molecule has 8 heteroatoms. The van der Waals surface area contributed by atoms with Gasteiger partial charge in [-0.05, 0) is 38.0 Å². The first-order valence-electron chi connectivity index (χ1n) is 9.96. The van der Waals surface area contributed by atoms with E-state index in [2.05, 4.69) is 42.6 Å². The number of carbonyl (C=O) groups excluding carboxylic acids is 2. The number of amides is 1. The van der Waals surface area contributed by atoms with E-state index < -0.39 is 12.0 Å². The molecule has 29 heavy (non-hydrogen) atoms. The van der Waals surface area contributed by atoms with Crippen LogP contribution in [-0.2, 0) is 20.1 Å². The molecule has 0 aliphatic rings. The third-order valence-corrected chi connectivity index (χ3v) is 5.40. The minimum absolute atomic E-state index is 0.159. The van der Waals surface area contributed by atoms with Crippen LogP contribution >= 0.6 is 24.0 Å². The fraction of sp³-hybridized carbons (Fsp3) is 0.571. The van der Waals surface area contributed by atoms with Gasteiger partial charge < -0.3 is 20.7 Å². The summed E-state index contributed by atoms with van der Waals surface area (Å²) in [4.78, 5) is 25.3. The summed E-state index contributed by atoms with van der Waals surface area (Å²) in [5, 5.41) is 2.80. The lowest BCUT2D eigenvalue weighted by Crippen LogP contribution is -2.32. The van der Waals surface area contributed by atoms with Gasteiger partial charge in [-0.1, -0.05) is 56.4 Å². The lowest BCUT2D eigenvalue weighted by Gasteiger charge is -2.20. The van der Waals surface area contributed by atoms with Crippen LogP contribution in [0.2, 0.25) is 0 Å². The maximum atomic E-state index is 11.9. The Hall–Kier alpha value is -1.64. The van der Waals surface area contributed by atoms with Crippen molar-refractivity contribution in [3.63, 3.8) is 0 Å². The molecule has 1 atom stereocenters. The number of esters is 1. The van der Waals surface area contributed by atoms with Gasteiger partial charge in [0.2, 0.25) is 5.91 Å². The highest BCUT2D eigenvalue weighted by Crippen LogP contribution is 2.18. The average molecular weight is 442 g/mol. The molecule has 0 bridgehead atoms. The Bertz CT molecular complexity index is 620. The van der Waals surface area contributed by atoms with Crippen molar-refractivity contribution < 1.29 is 14.3 Å². The molecule has 164 valence electrons. The number of rotatable bonds is 9. The van der Waals surface area contributed by atoms with Crippen LogP contribution in [0.3, 0.4) is 0 Å². The molecule has 1 aromatic carbocycles. The molecular formula is C21H35N3O3S2. The van der Waals surface area contributed by atoms with Crippen molar-refractivity contribution in [1.29, 1.82) is 0 Å². The van der Waals surface area contributed by atoms with Gasteiger partial charge in [0.1, 0.15) is 10.4 Å². The number of ether oxygens (including phenoxy) is 1. The number of hydrogen-bond acceptors (Lipinski definition) is 6. The minimum atomic E-state index is -0.778. The monoisotopic (exact) mass is 441 g/mol. The lowest BCUT2D eigenvalue weighted by atomic mass is 10.1. The Labute approximate surface area is 184 Å². The summed E-state index contributed by atoms with van der Waals surface area (Å²) in [5.74, 6) is 0.0915. The smallest absolute Gasteiger partial charge is 0.322 e. The third kappa shape index (κ3) is 11.8. The summed E-state index contributed by atoms with van der Waals surface area (Å²) in [6.07, 6.45) is 1.65. The number of thiocarbonyl (C=S) groups is 1. The van der Waals surface area contributed by atoms with E-state index in [1.165, 1.54) is 13.5 Å². The molecule has 0 unspecified atom stereocenters. The van der Waals surface area contributed by atoms with Gasteiger partial charge in [0, 0.05) is 31.0 Å². The predicted molar refractivity (Wildman–Crippen MR) is 127 cm³/mol. The lowest BCUT2D eigenvalue weighted by molar-refractivity contribution is -0.142. The van der Waals surface area contributed by atoms with Crippen LogP contribution in [0.1, 0.15) is 52.5 Å². The Morgan fingerprint density at radius 2 is 1.72 bits per heavy atom. The molecule has 0 fully saturated rings. The van der Waals surface area contributed by atoms with E-state index in [1.54, 1.807) is 11.8 Å². The van der Waals surface area contributed by atoms with E-state index in [0.29, 0.717) is 5.69 Å². The Balaban J connectivity index is 0.00000245. The number of methoxy groups -OCH3 is 1. The molecule has 0 aliphatic heterocycles. The van der Waals surface area contributed by atoms with Crippen LogP contribution < -0.4 is 11.1 Å². The molecule has 3 N–H and O–H groups in total. The Morgan fingerprint density at radius 1 is 1.17 bits per heavy atom. The summed E-state index contributed by atoms with van der Waals surface area (Å²) >= 11 is 7.06. The molecule has 0 saturated heterocycles. The molecular weight excluding hydrogens is 406 g/mol. The van der Waals surface area contributed by atoms with Crippen LogP contribution in [0.15, 0.2) is 24.3 Å². The fourth-order valence-electron chi connectivity index (χ4n) is 2.18. The highest BCUT2D eigenvalue weighted by molar-refractivity contribution is 8.22. The van der Waals surface area contributed by atoms with E-state index in [1.807, 2.05) is 24.3 Å². The third-order valence-electron chi connectivity index (χ3n) is 3.81. The van der Waals surface area contributed by atoms with Gasteiger partial charge >= 0.3 is 5.97 Å². The quantitative estimate of drug-likeness (QED) is 0.439. The molecule has 0 saturated carbocycles. The van der Waals surface area contributed by atoms with E-state index >= 15 is 0 Å². The van der Waals surface area contributed by atoms with Gasteiger partial charge in [0.15, 0.2) is 0 Å². The van der Waals surface area contributed by atoms with Crippen molar-refractivity contribution in [2.24, 2.45) is 5.73 Å². The fourth-order valence-corrected chi connectivity index (χ4v) is 3.54. The van der Waals surface area contributed by atoms with Gasteiger partial charge in [-0.2, -0.15) is 0 Å². The number of nitrogens with one attached hydrogen (secondary N) is 1. The van der Waals surface area contributed by atoms with Gasteiger partial charge in [0.05, 0.1) is 7.11 Å². The highest BCUT2D eigenvalue weighted by atomic mass is 32.2. The molecule has 1 aromatic rings. The zero-order chi connectivity index (χ0) is 22.2. The second-order valence-corrected chi connectivity index (χ2v) is 7.96. The van der Waals surface area contributed by atoms with Crippen LogP contribution in [-0.4, -0.2) is 47.3 Å². The van der Waals surface area contributed by atoms with Crippen molar-refractivity contribution >= 4 is 45.9 Å². The molecule has 6 nitrogen and oxygen atoms in total. The number of carbonyl (C=O) groups is 2. The molecule has 0 heterocycles. The second kappa shape index (κ2) is 16.2. The van der Waals surface area contributed by atoms with Gasteiger partial charge in [0.25, 0.3) is 0 Å². The van der Waals surface area contributed by atoms with Gasteiger partial charge in [-0.25, -0.2) is 0 Å². The zero-order valence-corrected chi connectivity index (χ0v) is 19.8. The molecule has 0 aliphatic carbocycles. The number of nitrogens with two attached hydrogens (primary N) is 1. The van der Waals surface area contributed by atoms with Crippen molar-refractivity contribution in [2.45, 2.75) is 58.8 Å². The summed E-state index contributed by atoms with van der Waals surface area (Å²) in [6.45, 7) is 10.2. The molecule has 0 aromatic heterocycles. The Morgan fingerprint density at radius 3 is 2.21 bits per heavy atom. The Kier molecular flexibility index (Phi) is 15.3. The first-order chi connectivity index (χ1) is 13.8. The summed E-state index contributed by atoms with van der Waals surface area (Å²) < 4.78 is 5.43. The average Bonchev–Trinajstić information content (AvgIpc) is 2.72. The number of hydrogen-bond donors (Lipinski definition) is 2. The molecule has 1 rings (SSSR count). The van der Waals surface area contributed by atoms with Gasteiger partial charge in [-0.15, -0.1) is 0 Å².